The van der Waals surface area contributed by atoms with E-state index in [9.17, 15) is 18.4 Å². The number of amides is 3. The molecule has 30 heavy (non-hydrogen) atoms. The fourth-order valence-electron chi connectivity index (χ4n) is 3.16. The molecule has 1 atom stereocenters. The number of nitrogens with zero attached hydrogens (tertiary/aromatic N) is 2. The Kier molecular flexibility index (Phi) is 4.98. The summed E-state index contributed by atoms with van der Waals surface area (Å²) < 4.78 is 39.9. The molecular formula is C20H17F2N3O5. The zero-order chi connectivity index (χ0) is 21.3. The molecule has 0 radical (unpaired) electrons. The number of urea groups is 1. The molecule has 4 rings (SSSR count). The molecule has 8 nitrogen and oxygen atoms in total. The SMILES string of the molecule is C[C@@]1(c2ccc(OC(F)F)cc2)NC(=O)N(/N=C\c2ccc3c(c2)OCCO3)C1=O. The first-order valence-corrected chi connectivity index (χ1v) is 9.02. The number of imide groups is 1. The maximum Gasteiger partial charge on any atom is 0.387 e. The molecule has 2 aromatic rings. The van der Waals surface area contributed by atoms with Gasteiger partial charge in [-0.2, -0.15) is 13.9 Å². The van der Waals surface area contributed by atoms with Gasteiger partial charge in [0.2, 0.25) is 0 Å². The lowest BCUT2D eigenvalue weighted by atomic mass is 9.92. The van der Waals surface area contributed by atoms with Gasteiger partial charge in [0.1, 0.15) is 24.5 Å². The van der Waals surface area contributed by atoms with Crippen molar-refractivity contribution >= 4 is 18.2 Å². The average molecular weight is 417 g/mol. The van der Waals surface area contributed by atoms with E-state index in [2.05, 4.69) is 15.2 Å². The Balaban J connectivity index is 1.53. The Bertz CT molecular complexity index is 1010. The Morgan fingerprint density at radius 2 is 1.83 bits per heavy atom. The minimum Gasteiger partial charge on any atom is -0.486 e. The van der Waals surface area contributed by atoms with Gasteiger partial charge in [-0.15, -0.1) is 5.01 Å². The van der Waals surface area contributed by atoms with Crippen LogP contribution in [0.25, 0.3) is 0 Å². The van der Waals surface area contributed by atoms with E-state index >= 15 is 0 Å². The topological polar surface area (TPSA) is 89.5 Å². The van der Waals surface area contributed by atoms with Gasteiger partial charge < -0.3 is 19.5 Å². The van der Waals surface area contributed by atoms with Gasteiger partial charge in [-0.3, -0.25) is 4.79 Å². The highest BCUT2D eigenvalue weighted by atomic mass is 19.3. The van der Waals surface area contributed by atoms with Gasteiger partial charge in [-0.05, 0) is 48.4 Å². The minimum absolute atomic E-state index is 0.0531. The summed E-state index contributed by atoms with van der Waals surface area (Å²) in [5, 5.41) is 7.31. The molecule has 3 amide bonds. The average Bonchev–Trinajstić information content (AvgIpc) is 2.95. The molecule has 0 spiro atoms. The molecule has 0 unspecified atom stereocenters. The van der Waals surface area contributed by atoms with E-state index < -0.39 is 24.1 Å². The van der Waals surface area contributed by atoms with E-state index in [1.807, 2.05) is 0 Å². The molecule has 0 bridgehead atoms. The number of carbonyl (C=O) groups is 2. The lowest BCUT2D eigenvalue weighted by molar-refractivity contribution is -0.131. The second-order valence-electron chi connectivity index (χ2n) is 6.72. The van der Waals surface area contributed by atoms with Crippen molar-refractivity contribution in [3.8, 4) is 17.2 Å². The molecule has 10 heteroatoms. The van der Waals surface area contributed by atoms with Crippen LogP contribution in [0.2, 0.25) is 0 Å². The summed E-state index contributed by atoms with van der Waals surface area (Å²) in [6, 6.07) is 9.89. The molecule has 0 aromatic heterocycles. The van der Waals surface area contributed by atoms with Crippen molar-refractivity contribution in [2.45, 2.75) is 19.1 Å². The van der Waals surface area contributed by atoms with Gasteiger partial charge >= 0.3 is 12.6 Å². The normalized spacial score (nSPS) is 20.7. The molecule has 1 saturated heterocycles. The molecule has 0 aliphatic carbocycles. The summed E-state index contributed by atoms with van der Waals surface area (Å²) in [6.45, 7) is -0.545. The summed E-state index contributed by atoms with van der Waals surface area (Å²) in [5.41, 5.74) is -0.383. The van der Waals surface area contributed by atoms with Crippen LogP contribution >= 0.6 is 0 Å². The van der Waals surface area contributed by atoms with Gasteiger partial charge in [0.25, 0.3) is 5.91 Å². The van der Waals surface area contributed by atoms with Crippen molar-refractivity contribution in [1.82, 2.24) is 10.3 Å². The fraction of sp³-hybridized carbons (Fsp3) is 0.250. The maximum atomic E-state index is 12.9. The number of fused-ring (bicyclic) bond motifs is 1. The Morgan fingerprint density at radius 3 is 2.53 bits per heavy atom. The predicted octanol–water partition coefficient (Wildman–Crippen LogP) is 2.86. The van der Waals surface area contributed by atoms with E-state index in [-0.39, 0.29) is 5.75 Å². The lowest BCUT2D eigenvalue weighted by Crippen LogP contribution is -2.40. The van der Waals surface area contributed by atoms with E-state index in [0.29, 0.717) is 35.8 Å². The zero-order valence-corrected chi connectivity index (χ0v) is 15.8. The third kappa shape index (κ3) is 3.63. The summed E-state index contributed by atoms with van der Waals surface area (Å²) in [5.74, 6) is 0.505. The van der Waals surface area contributed by atoms with Crippen molar-refractivity contribution in [3.05, 3.63) is 53.6 Å². The Hall–Kier alpha value is -3.69. The molecule has 2 aliphatic rings. The number of rotatable bonds is 5. The van der Waals surface area contributed by atoms with E-state index in [4.69, 9.17) is 9.47 Å². The van der Waals surface area contributed by atoms with Crippen LogP contribution < -0.4 is 19.5 Å². The molecule has 2 aromatic carbocycles. The number of nitrogens with one attached hydrogen (secondary N) is 1. The molecule has 1 fully saturated rings. The quantitative estimate of drug-likeness (QED) is 0.597. The van der Waals surface area contributed by atoms with E-state index in [1.54, 1.807) is 18.2 Å². The van der Waals surface area contributed by atoms with Crippen molar-refractivity contribution < 1.29 is 32.6 Å². The van der Waals surface area contributed by atoms with Crippen LogP contribution in [0.5, 0.6) is 17.2 Å². The van der Waals surface area contributed by atoms with Gasteiger partial charge in [-0.25, -0.2) is 4.79 Å². The van der Waals surface area contributed by atoms with Crippen molar-refractivity contribution in [1.29, 1.82) is 0 Å². The highest BCUT2D eigenvalue weighted by Crippen LogP contribution is 2.32. The van der Waals surface area contributed by atoms with E-state index in [0.717, 1.165) is 5.01 Å². The van der Waals surface area contributed by atoms with Crippen LogP contribution in [0.15, 0.2) is 47.6 Å². The smallest absolute Gasteiger partial charge is 0.387 e. The third-order valence-electron chi connectivity index (χ3n) is 4.71. The van der Waals surface area contributed by atoms with Crippen LogP contribution in [-0.4, -0.2) is 43.0 Å². The second-order valence-corrected chi connectivity index (χ2v) is 6.72. The number of alkyl halides is 2. The van der Waals surface area contributed by atoms with Crippen LogP contribution in [0.4, 0.5) is 13.6 Å². The molecule has 156 valence electrons. The number of hydrazone groups is 1. The van der Waals surface area contributed by atoms with Gasteiger partial charge in [0.05, 0.1) is 6.21 Å². The first-order valence-electron chi connectivity index (χ1n) is 9.02. The number of hydrogen-bond acceptors (Lipinski definition) is 6. The zero-order valence-electron chi connectivity index (χ0n) is 15.8. The largest absolute Gasteiger partial charge is 0.486 e. The number of ether oxygens (including phenoxy) is 3. The van der Waals surface area contributed by atoms with Gasteiger partial charge in [0.15, 0.2) is 11.5 Å². The van der Waals surface area contributed by atoms with Crippen molar-refractivity contribution in [2.24, 2.45) is 5.10 Å². The van der Waals surface area contributed by atoms with Crippen LogP contribution in [0.3, 0.4) is 0 Å². The number of benzene rings is 2. The number of carbonyl (C=O) groups excluding carboxylic acids is 2. The molecule has 1 N–H and O–H groups in total. The lowest BCUT2D eigenvalue weighted by Gasteiger charge is -2.21. The second kappa shape index (κ2) is 7.62. The van der Waals surface area contributed by atoms with Gasteiger partial charge in [0, 0.05) is 0 Å². The standard InChI is InChI=1S/C20H17F2N3O5/c1-20(13-3-5-14(6-4-13)30-18(21)22)17(26)25(19(27)24-20)23-11-12-2-7-15-16(10-12)29-9-8-28-15/h2-7,10-11,18H,8-9H2,1H3,(H,24,27)/b23-11-/t20-/m0/s1. The maximum absolute atomic E-state index is 12.9. The van der Waals surface area contributed by atoms with Crippen LogP contribution in [-0.2, 0) is 10.3 Å². The number of hydrogen-bond donors (Lipinski definition) is 1. The van der Waals surface area contributed by atoms with Crippen LogP contribution in [0, 0.1) is 0 Å². The molecular weight excluding hydrogens is 400 g/mol. The molecule has 0 saturated carbocycles. The monoisotopic (exact) mass is 417 g/mol. The summed E-state index contributed by atoms with van der Waals surface area (Å²) in [7, 11) is 0. The molecule has 2 aliphatic heterocycles. The van der Waals surface area contributed by atoms with E-state index in [1.165, 1.54) is 37.4 Å². The summed E-state index contributed by atoms with van der Waals surface area (Å²) >= 11 is 0. The van der Waals surface area contributed by atoms with Crippen molar-refractivity contribution in [2.75, 3.05) is 13.2 Å². The minimum atomic E-state index is -2.95. The predicted molar refractivity (Wildman–Crippen MR) is 101 cm³/mol. The third-order valence-corrected chi connectivity index (χ3v) is 4.71. The van der Waals surface area contributed by atoms with Crippen molar-refractivity contribution in [3.63, 3.8) is 0 Å². The number of halogens is 2. The highest BCUT2D eigenvalue weighted by molar-refractivity contribution is 6.07. The highest BCUT2D eigenvalue weighted by Gasteiger charge is 2.49. The Morgan fingerprint density at radius 1 is 1.13 bits per heavy atom. The fourth-order valence-corrected chi connectivity index (χ4v) is 3.16. The summed E-state index contributed by atoms with van der Waals surface area (Å²) in [4.78, 5) is 25.2. The Labute approximate surface area is 170 Å². The molecule has 2 heterocycles. The summed E-state index contributed by atoms with van der Waals surface area (Å²) in [6.07, 6.45) is 1.36. The first-order chi connectivity index (χ1) is 14.4. The van der Waals surface area contributed by atoms with Crippen LogP contribution in [0.1, 0.15) is 18.1 Å². The van der Waals surface area contributed by atoms with Gasteiger partial charge in [-0.1, -0.05) is 12.1 Å². The first kappa shape index (κ1) is 19.6.